The third kappa shape index (κ3) is 4.17. The smallest absolute Gasteiger partial charge is 0.185 e. The van der Waals surface area contributed by atoms with E-state index >= 15 is 0 Å². The standard InChI is InChI=1S/C15H27N3OS/c1-4-9-18(5-2)15-17-14(12-6-7-12)13(20-15)11-16-8-10-19-3/h12,16H,4-11H2,1-3H3. The van der Waals surface area contributed by atoms with Crippen LogP contribution in [0.4, 0.5) is 5.13 Å². The van der Waals surface area contributed by atoms with Crippen LogP contribution in [-0.4, -0.2) is 38.3 Å². The molecule has 0 radical (unpaired) electrons. The topological polar surface area (TPSA) is 37.4 Å². The summed E-state index contributed by atoms with van der Waals surface area (Å²) in [5, 5.41) is 4.66. The number of hydrogen-bond acceptors (Lipinski definition) is 5. The molecular weight excluding hydrogens is 270 g/mol. The zero-order valence-corrected chi connectivity index (χ0v) is 13.8. The van der Waals surface area contributed by atoms with Gasteiger partial charge in [0.05, 0.1) is 12.3 Å². The van der Waals surface area contributed by atoms with Crippen LogP contribution in [0.5, 0.6) is 0 Å². The van der Waals surface area contributed by atoms with Crippen LogP contribution in [0.25, 0.3) is 0 Å². The van der Waals surface area contributed by atoms with E-state index in [2.05, 4.69) is 24.1 Å². The molecule has 5 heteroatoms. The average Bonchev–Trinajstić information content (AvgIpc) is 3.22. The van der Waals surface area contributed by atoms with Gasteiger partial charge in [0.15, 0.2) is 5.13 Å². The quantitative estimate of drug-likeness (QED) is 0.674. The highest BCUT2D eigenvalue weighted by Gasteiger charge is 2.30. The molecule has 1 N–H and O–H groups in total. The van der Waals surface area contributed by atoms with Gasteiger partial charge in [-0.15, -0.1) is 11.3 Å². The zero-order chi connectivity index (χ0) is 14.4. The number of hydrogen-bond donors (Lipinski definition) is 1. The summed E-state index contributed by atoms with van der Waals surface area (Å²) in [6.07, 6.45) is 3.80. The Labute approximate surface area is 126 Å². The molecule has 1 heterocycles. The lowest BCUT2D eigenvalue weighted by Crippen LogP contribution is -2.23. The van der Waals surface area contributed by atoms with Gasteiger partial charge in [0.1, 0.15) is 0 Å². The van der Waals surface area contributed by atoms with Gasteiger partial charge in [0.2, 0.25) is 0 Å². The van der Waals surface area contributed by atoms with Gasteiger partial charge in [-0.3, -0.25) is 0 Å². The number of ether oxygens (including phenoxy) is 1. The van der Waals surface area contributed by atoms with E-state index in [4.69, 9.17) is 9.72 Å². The largest absolute Gasteiger partial charge is 0.383 e. The molecule has 0 unspecified atom stereocenters. The van der Waals surface area contributed by atoms with Gasteiger partial charge in [-0.25, -0.2) is 4.98 Å². The molecule has 0 amide bonds. The Balaban J connectivity index is 2.03. The van der Waals surface area contributed by atoms with E-state index in [1.807, 2.05) is 11.3 Å². The van der Waals surface area contributed by atoms with Crippen molar-refractivity contribution in [1.29, 1.82) is 0 Å². The van der Waals surface area contributed by atoms with Crippen LogP contribution in [-0.2, 0) is 11.3 Å². The van der Waals surface area contributed by atoms with E-state index in [0.717, 1.165) is 38.7 Å². The van der Waals surface area contributed by atoms with Crippen LogP contribution in [0.15, 0.2) is 0 Å². The summed E-state index contributed by atoms with van der Waals surface area (Å²) in [5.74, 6) is 0.722. The summed E-state index contributed by atoms with van der Waals surface area (Å²) in [6, 6.07) is 0. The van der Waals surface area contributed by atoms with Crippen molar-refractivity contribution in [3.8, 4) is 0 Å². The number of methoxy groups -OCH3 is 1. The fourth-order valence-electron chi connectivity index (χ4n) is 2.32. The Hall–Kier alpha value is -0.650. The molecule has 0 bridgehead atoms. The maximum Gasteiger partial charge on any atom is 0.185 e. The van der Waals surface area contributed by atoms with Crippen LogP contribution in [0.1, 0.15) is 49.6 Å². The minimum Gasteiger partial charge on any atom is -0.383 e. The maximum atomic E-state index is 5.08. The summed E-state index contributed by atoms with van der Waals surface area (Å²) in [6.45, 7) is 9.18. The zero-order valence-electron chi connectivity index (χ0n) is 12.9. The lowest BCUT2D eigenvalue weighted by Gasteiger charge is -2.18. The molecular formula is C15H27N3OS. The van der Waals surface area contributed by atoms with Crippen LogP contribution >= 0.6 is 11.3 Å². The third-order valence-corrected chi connectivity index (χ3v) is 4.73. The first-order chi connectivity index (χ1) is 9.80. The van der Waals surface area contributed by atoms with Gasteiger partial charge in [0.25, 0.3) is 0 Å². The monoisotopic (exact) mass is 297 g/mol. The van der Waals surface area contributed by atoms with E-state index in [1.54, 1.807) is 7.11 Å². The molecule has 1 aromatic rings. The molecule has 0 aromatic carbocycles. The van der Waals surface area contributed by atoms with Crippen molar-refractivity contribution in [3.63, 3.8) is 0 Å². The van der Waals surface area contributed by atoms with Crippen molar-refractivity contribution in [1.82, 2.24) is 10.3 Å². The molecule has 0 saturated heterocycles. The Kier molecular flexibility index (Phi) is 6.26. The number of aromatic nitrogens is 1. The summed E-state index contributed by atoms with van der Waals surface area (Å²) in [5.41, 5.74) is 1.35. The lowest BCUT2D eigenvalue weighted by atomic mass is 10.2. The molecule has 1 fully saturated rings. The first-order valence-electron chi connectivity index (χ1n) is 7.74. The second kappa shape index (κ2) is 7.96. The Morgan fingerprint density at radius 2 is 2.20 bits per heavy atom. The third-order valence-electron chi connectivity index (χ3n) is 3.59. The molecule has 1 aliphatic carbocycles. The number of nitrogens with zero attached hydrogens (tertiary/aromatic N) is 2. The predicted molar refractivity (Wildman–Crippen MR) is 85.8 cm³/mol. The minimum atomic E-state index is 0.722. The Morgan fingerprint density at radius 1 is 1.40 bits per heavy atom. The van der Waals surface area contributed by atoms with Gasteiger partial charge in [-0.2, -0.15) is 0 Å². The molecule has 2 rings (SSSR count). The molecule has 20 heavy (non-hydrogen) atoms. The highest BCUT2D eigenvalue weighted by Crippen LogP contribution is 2.44. The van der Waals surface area contributed by atoms with Crippen molar-refractivity contribution in [3.05, 3.63) is 10.6 Å². The van der Waals surface area contributed by atoms with Crippen molar-refractivity contribution in [2.75, 3.05) is 38.3 Å². The normalized spacial score (nSPS) is 14.8. The van der Waals surface area contributed by atoms with Crippen LogP contribution < -0.4 is 10.2 Å². The van der Waals surface area contributed by atoms with Crippen LogP contribution in [0.2, 0.25) is 0 Å². The second-order valence-electron chi connectivity index (χ2n) is 5.33. The van der Waals surface area contributed by atoms with Crippen molar-refractivity contribution in [2.45, 2.75) is 45.6 Å². The van der Waals surface area contributed by atoms with E-state index in [-0.39, 0.29) is 0 Å². The average molecular weight is 297 g/mol. The van der Waals surface area contributed by atoms with E-state index in [0.29, 0.717) is 0 Å². The SMILES string of the molecule is CCCN(CC)c1nc(C2CC2)c(CNCCOC)s1. The van der Waals surface area contributed by atoms with Gasteiger partial charge in [-0.05, 0) is 26.2 Å². The Bertz CT molecular complexity index is 404. The fourth-order valence-corrected chi connectivity index (χ4v) is 3.53. The summed E-state index contributed by atoms with van der Waals surface area (Å²) in [4.78, 5) is 8.76. The molecule has 1 aliphatic rings. The van der Waals surface area contributed by atoms with Gasteiger partial charge >= 0.3 is 0 Å². The molecule has 0 aliphatic heterocycles. The van der Waals surface area contributed by atoms with Crippen LogP contribution in [0, 0.1) is 0 Å². The Morgan fingerprint density at radius 3 is 2.80 bits per heavy atom. The van der Waals surface area contributed by atoms with Gasteiger partial charge in [0, 0.05) is 44.1 Å². The van der Waals surface area contributed by atoms with Crippen molar-refractivity contribution >= 4 is 16.5 Å². The molecule has 4 nitrogen and oxygen atoms in total. The highest BCUT2D eigenvalue weighted by molar-refractivity contribution is 7.15. The highest BCUT2D eigenvalue weighted by atomic mass is 32.1. The molecule has 1 aromatic heterocycles. The fraction of sp³-hybridized carbons (Fsp3) is 0.800. The maximum absolute atomic E-state index is 5.08. The number of anilines is 1. The van der Waals surface area contributed by atoms with E-state index in [1.165, 1.54) is 35.0 Å². The van der Waals surface area contributed by atoms with Crippen molar-refractivity contribution in [2.24, 2.45) is 0 Å². The summed E-state index contributed by atoms with van der Waals surface area (Å²) < 4.78 is 5.08. The number of thiazole rings is 1. The molecule has 0 atom stereocenters. The van der Waals surface area contributed by atoms with Crippen LogP contribution in [0.3, 0.4) is 0 Å². The van der Waals surface area contributed by atoms with E-state index in [9.17, 15) is 0 Å². The van der Waals surface area contributed by atoms with Gasteiger partial charge < -0.3 is 15.0 Å². The predicted octanol–water partition coefficient (Wildman–Crippen LogP) is 2.99. The second-order valence-corrected chi connectivity index (χ2v) is 6.39. The lowest BCUT2D eigenvalue weighted by molar-refractivity contribution is 0.199. The summed E-state index contributed by atoms with van der Waals surface area (Å²) in [7, 11) is 1.74. The van der Waals surface area contributed by atoms with E-state index < -0.39 is 0 Å². The first-order valence-corrected chi connectivity index (χ1v) is 8.55. The molecule has 0 spiro atoms. The van der Waals surface area contributed by atoms with Gasteiger partial charge in [-0.1, -0.05) is 6.92 Å². The number of rotatable bonds is 10. The summed E-state index contributed by atoms with van der Waals surface area (Å²) >= 11 is 1.87. The van der Waals surface area contributed by atoms with Crippen molar-refractivity contribution < 1.29 is 4.74 Å². The number of nitrogens with one attached hydrogen (secondary N) is 1. The first kappa shape index (κ1) is 15.7. The molecule has 114 valence electrons. The minimum absolute atomic E-state index is 0.722. The molecule has 1 saturated carbocycles.